The van der Waals surface area contributed by atoms with E-state index in [-0.39, 0.29) is 5.54 Å². The van der Waals surface area contributed by atoms with Gasteiger partial charge in [-0.1, -0.05) is 19.9 Å². The van der Waals surface area contributed by atoms with Crippen molar-refractivity contribution in [2.75, 3.05) is 0 Å². The van der Waals surface area contributed by atoms with Crippen molar-refractivity contribution in [3.63, 3.8) is 0 Å². The van der Waals surface area contributed by atoms with Gasteiger partial charge >= 0.3 is 0 Å². The van der Waals surface area contributed by atoms with E-state index in [1.165, 1.54) is 4.90 Å². The Morgan fingerprint density at radius 1 is 1.33 bits per heavy atom. The first-order valence-electron chi connectivity index (χ1n) is 5.06. The molecule has 0 amide bonds. The van der Waals surface area contributed by atoms with Crippen molar-refractivity contribution in [3.05, 3.63) is 28.2 Å². The van der Waals surface area contributed by atoms with Gasteiger partial charge in [-0.15, -0.1) is 11.8 Å². The molecule has 3 heteroatoms. The van der Waals surface area contributed by atoms with E-state index in [0.717, 1.165) is 10.0 Å². The monoisotopic (exact) mass is 287 g/mol. The Morgan fingerprint density at radius 2 is 1.93 bits per heavy atom. The Kier molecular flexibility index (Phi) is 4.27. The maximum atomic E-state index is 6.05. The Hall–Kier alpha value is 0.01000. The molecule has 0 aliphatic carbocycles. The zero-order valence-electron chi connectivity index (χ0n) is 9.67. The molecule has 0 radical (unpaired) electrons. The summed E-state index contributed by atoms with van der Waals surface area (Å²) in [5.74, 6) is 0. The summed E-state index contributed by atoms with van der Waals surface area (Å²) in [5, 5.41) is 0.595. The van der Waals surface area contributed by atoms with Crippen LogP contribution in [0.3, 0.4) is 0 Å². The minimum absolute atomic E-state index is 0.274. The third kappa shape index (κ3) is 3.82. The SMILES string of the molecule is CC(C)Sc1ccc(C(C)(C)N)cc1Br. The van der Waals surface area contributed by atoms with Gasteiger partial charge in [0.1, 0.15) is 0 Å². The smallest absolute Gasteiger partial charge is 0.0352 e. The van der Waals surface area contributed by atoms with Gasteiger partial charge in [-0.2, -0.15) is 0 Å². The highest BCUT2D eigenvalue weighted by Gasteiger charge is 2.15. The molecule has 0 spiro atoms. The van der Waals surface area contributed by atoms with Crippen LogP contribution in [0.4, 0.5) is 0 Å². The van der Waals surface area contributed by atoms with Gasteiger partial charge < -0.3 is 5.73 Å². The van der Waals surface area contributed by atoms with Gasteiger partial charge in [-0.3, -0.25) is 0 Å². The first kappa shape index (κ1) is 13.1. The van der Waals surface area contributed by atoms with Crippen LogP contribution in [0, 0.1) is 0 Å². The van der Waals surface area contributed by atoms with Crippen molar-refractivity contribution < 1.29 is 0 Å². The summed E-state index contributed by atoms with van der Waals surface area (Å²) < 4.78 is 1.14. The normalized spacial score (nSPS) is 12.2. The second-order valence-electron chi connectivity index (χ2n) is 4.53. The molecule has 1 nitrogen and oxygen atoms in total. The Balaban J connectivity index is 2.98. The van der Waals surface area contributed by atoms with Crippen molar-refractivity contribution in [2.24, 2.45) is 5.73 Å². The molecule has 1 aromatic carbocycles. The van der Waals surface area contributed by atoms with Gasteiger partial charge in [0.15, 0.2) is 0 Å². The molecule has 1 aromatic rings. The molecule has 0 aromatic heterocycles. The summed E-state index contributed by atoms with van der Waals surface area (Å²) in [6.45, 7) is 8.42. The summed E-state index contributed by atoms with van der Waals surface area (Å²) in [6.07, 6.45) is 0. The van der Waals surface area contributed by atoms with E-state index >= 15 is 0 Å². The lowest BCUT2D eigenvalue weighted by Gasteiger charge is -2.20. The van der Waals surface area contributed by atoms with Crippen LogP contribution in [0.15, 0.2) is 27.6 Å². The Morgan fingerprint density at radius 3 is 2.33 bits per heavy atom. The molecule has 0 heterocycles. The van der Waals surface area contributed by atoms with E-state index in [1.54, 1.807) is 0 Å². The molecule has 0 saturated heterocycles. The van der Waals surface area contributed by atoms with E-state index in [9.17, 15) is 0 Å². The second-order valence-corrected chi connectivity index (χ2v) is 7.01. The van der Waals surface area contributed by atoms with Crippen LogP contribution in [-0.2, 0) is 5.54 Å². The molecule has 0 aliphatic rings. The third-order valence-corrected chi connectivity index (χ3v) is 4.04. The lowest BCUT2D eigenvalue weighted by Crippen LogP contribution is -2.28. The fourth-order valence-corrected chi connectivity index (χ4v) is 2.74. The van der Waals surface area contributed by atoms with Gasteiger partial charge in [0.05, 0.1) is 0 Å². The molecule has 84 valence electrons. The van der Waals surface area contributed by atoms with Crippen LogP contribution in [0.25, 0.3) is 0 Å². The maximum Gasteiger partial charge on any atom is 0.0352 e. The molecule has 0 saturated carbocycles. The van der Waals surface area contributed by atoms with E-state index in [4.69, 9.17) is 5.73 Å². The number of hydrogen-bond acceptors (Lipinski definition) is 2. The standard InChI is InChI=1S/C12H18BrNS/c1-8(2)15-11-6-5-9(7-10(11)13)12(3,4)14/h5-8H,14H2,1-4H3. The quantitative estimate of drug-likeness (QED) is 0.846. The highest BCUT2D eigenvalue weighted by molar-refractivity contribution is 9.10. The second kappa shape index (κ2) is 4.89. The first-order chi connectivity index (χ1) is 6.80. The minimum Gasteiger partial charge on any atom is -0.322 e. The average Bonchev–Trinajstić information content (AvgIpc) is 2.05. The fraction of sp³-hybridized carbons (Fsp3) is 0.500. The Labute approximate surface area is 105 Å². The summed E-state index contributed by atoms with van der Waals surface area (Å²) in [6, 6.07) is 6.36. The van der Waals surface area contributed by atoms with Crippen molar-refractivity contribution in [1.82, 2.24) is 0 Å². The number of thioether (sulfide) groups is 1. The molecular formula is C12H18BrNS. The first-order valence-corrected chi connectivity index (χ1v) is 6.73. The summed E-state index contributed by atoms with van der Waals surface area (Å²) in [4.78, 5) is 1.28. The van der Waals surface area contributed by atoms with Crippen molar-refractivity contribution >= 4 is 27.7 Å². The number of rotatable bonds is 3. The predicted molar refractivity (Wildman–Crippen MR) is 72.3 cm³/mol. The summed E-state index contributed by atoms with van der Waals surface area (Å²) in [7, 11) is 0. The lowest BCUT2D eigenvalue weighted by molar-refractivity contribution is 0.553. The molecule has 0 bridgehead atoms. The number of halogens is 1. The van der Waals surface area contributed by atoms with E-state index in [1.807, 2.05) is 25.6 Å². The van der Waals surface area contributed by atoms with Crippen molar-refractivity contribution in [2.45, 2.75) is 43.4 Å². The Bertz CT molecular complexity index is 342. The van der Waals surface area contributed by atoms with Crippen molar-refractivity contribution in [3.8, 4) is 0 Å². The van der Waals surface area contributed by atoms with Crippen molar-refractivity contribution in [1.29, 1.82) is 0 Å². The van der Waals surface area contributed by atoms with Crippen LogP contribution in [0.5, 0.6) is 0 Å². The number of nitrogens with two attached hydrogens (primary N) is 1. The minimum atomic E-state index is -0.274. The van der Waals surface area contributed by atoms with E-state index in [2.05, 4.69) is 48.0 Å². The predicted octanol–water partition coefficient (Wildman–Crippen LogP) is 4.14. The van der Waals surface area contributed by atoms with E-state index < -0.39 is 0 Å². The topological polar surface area (TPSA) is 26.0 Å². The zero-order valence-corrected chi connectivity index (χ0v) is 12.1. The molecular weight excluding hydrogens is 270 g/mol. The summed E-state index contributed by atoms with van der Waals surface area (Å²) >= 11 is 5.45. The van der Waals surface area contributed by atoms with Gasteiger partial charge in [0.25, 0.3) is 0 Å². The van der Waals surface area contributed by atoms with Crippen LogP contribution in [0.1, 0.15) is 33.3 Å². The third-order valence-electron chi connectivity index (χ3n) is 2.04. The molecule has 0 aliphatic heterocycles. The van der Waals surface area contributed by atoms with Gasteiger partial charge in [0.2, 0.25) is 0 Å². The van der Waals surface area contributed by atoms with Crippen LogP contribution < -0.4 is 5.73 Å². The molecule has 0 atom stereocenters. The zero-order chi connectivity index (χ0) is 11.6. The number of hydrogen-bond donors (Lipinski definition) is 1. The molecule has 15 heavy (non-hydrogen) atoms. The summed E-state index contributed by atoms with van der Waals surface area (Å²) in [5.41, 5.74) is 6.93. The van der Waals surface area contributed by atoms with Crippen LogP contribution in [0.2, 0.25) is 0 Å². The molecule has 1 rings (SSSR count). The van der Waals surface area contributed by atoms with Gasteiger partial charge in [-0.05, 0) is 47.5 Å². The highest BCUT2D eigenvalue weighted by Crippen LogP contribution is 2.33. The van der Waals surface area contributed by atoms with Crippen LogP contribution in [-0.4, -0.2) is 5.25 Å². The fourth-order valence-electron chi connectivity index (χ4n) is 1.25. The molecule has 0 unspecified atom stereocenters. The largest absolute Gasteiger partial charge is 0.322 e. The van der Waals surface area contributed by atoms with Gasteiger partial charge in [-0.25, -0.2) is 0 Å². The average molecular weight is 288 g/mol. The van der Waals surface area contributed by atoms with Gasteiger partial charge in [0, 0.05) is 20.2 Å². The maximum absolute atomic E-state index is 6.05. The number of benzene rings is 1. The van der Waals surface area contributed by atoms with E-state index in [0.29, 0.717) is 5.25 Å². The highest BCUT2D eigenvalue weighted by atomic mass is 79.9. The molecule has 0 fully saturated rings. The van der Waals surface area contributed by atoms with Crippen LogP contribution >= 0.6 is 27.7 Å². The lowest BCUT2D eigenvalue weighted by atomic mass is 9.96. The molecule has 2 N–H and O–H groups in total.